The van der Waals surface area contributed by atoms with Gasteiger partial charge in [0.1, 0.15) is 5.82 Å². The van der Waals surface area contributed by atoms with Gasteiger partial charge in [0.05, 0.1) is 11.4 Å². The van der Waals surface area contributed by atoms with Crippen LogP contribution in [-0.2, 0) is 0 Å². The van der Waals surface area contributed by atoms with Gasteiger partial charge in [-0.15, -0.1) is 0 Å². The summed E-state index contributed by atoms with van der Waals surface area (Å²) < 4.78 is 12.7. The molecule has 5 nitrogen and oxygen atoms in total. The average Bonchev–Trinajstić information content (AvgIpc) is 2.44. The van der Waals surface area contributed by atoms with Crippen LogP contribution in [0.15, 0.2) is 41.5 Å². The molecule has 0 spiro atoms. The van der Waals surface area contributed by atoms with E-state index in [9.17, 15) is 19.7 Å². The number of phenolic OH excluding ortho intramolecular Hbond substituents is 3. The maximum atomic E-state index is 12.7. The second-order valence-electron chi connectivity index (χ2n) is 4.15. The molecule has 0 bridgehead atoms. The van der Waals surface area contributed by atoms with E-state index in [0.29, 0.717) is 11.4 Å². The zero-order chi connectivity index (χ0) is 14.7. The second-order valence-corrected chi connectivity index (χ2v) is 4.15. The molecule has 2 aromatic rings. The Hall–Kier alpha value is -2.76. The highest BCUT2D eigenvalue weighted by Gasteiger charge is 2.12. The third-order valence-corrected chi connectivity index (χ3v) is 2.72. The Morgan fingerprint density at radius 3 is 2.30 bits per heavy atom. The number of nitrogens with one attached hydrogen (secondary N) is 1. The molecule has 0 aliphatic carbocycles. The minimum Gasteiger partial charge on any atom is -0.504 e. The maximum absolute atomic E-state index is 12.7. The van der Waals surface area contributed by atoms with Crippen molar-refractivity contribution in [2.24, 2.45) is 5.10 Å². The van der Waals surface area contributed by atoms with E-state index in [1.807, 2.05) is 0 Å². The van der Waals surface area contributed by atoms with Crippen molar-refractivity contribution in [1.29, 1.82) is 0 Å². The monoisotopic (exact) mass is 276 g/mol. The van der Waals surface area contributed by atoms with E-state index >= 15 is 0 Å². The number of aromatic hydroxyl groups is 3. The van der Waals surface area contributed by atoms with Gasteiger partial charge in [-0.05, 0) is 43.3 Å². The number of hydrazone groups is 1. The summed E-state index contributed by atoms with van der Waals surface area (Å²) in [7, 11) is 0. The first-order chi connectivity index (χ1) is 9.49. The lowest BCUT2D eigenvalue weighted by Gasteiger charge is -2.08. The Bertz CT molecular complexity index is 654. The fourth-order valence-corrected chi connectivity index (χ4v) is 1.59. The number of nitrogens with zero attached hydrogens (tertiary/aromatic N) is 1. The summed E-state index contributed by atoms with van der Waals surface area (Å²) in [6.45, 7) is 1.61. The molecule has 2 aromatic carbocycles. The van der Waals surface area contributed by atoms with Gasteiger partial charge in [0.2, 0.25) is 5.75 Å². The highest BCUT2D eigenvalue weighted by Crippen LogP contribution is 2.37. The topological polar surface area (TPSA) is 85.1 Å². The first-order valence-corrected chi connectivity index (χ1v) is 5.79. The van der Waals surface area contributed by atoms with Crippen LogP contribution < -0.4 is 5.43 Å². The molecule has 2 rings (SSSR count). The van der Waals surface area contributed by atoms with Gasteiger partial charge in [0.25, 0.3) is 0 Å². The quantitative estimate of drug-likeness (QED) is 0.394. The van der Waals surface area contributed by atoms with Gasteiger partial charge in [-0.25, -0.2) is 4.39 Å². The van der Waals surface area contributed by atoms with Gasteiger partial charge in [-0.2, -0.15) is 5.10 Å². The van der Waals surface area contributed by atoms with Crippen molar-refractivity contribution in [2.45, 2.75) is 6.92 Å². The normalized spacial score (nSPS) is 11.4. The molecular weight excluding hydrogens is 263 g/mol. The molecule has 0 heterocycles. The van der Waals surface area contributed by atoms with Gasteiger partial charge in [-0.1, -0.05) is 0 Å². The van der Waals surface area contributed by atoms with E-state index in [0.717, 1.165) is 0 Å². The summed E-state index contributed by atoms with van der Waals surface area (Å²) in [6.07, 6.45) is 0. The van der Waals surface area contributed by atoms with Crippen molar-refractivity contribution < 1.29 is 19.7 Å². The largest absolute Gasteiger partial charge is 0.504 e. The highest BCUT2D eigenvalue weighted by atomic mass is 19.1. The molecule has 0 saturated heterocycles. The van der Waals surface area contributed by atoms with Gasteiger partial charge >= 0.3 is 0 Å². The molecule has 0 unspecified atom stereocenters. The van der Waals surface area contributed by atoms with Crippen molar-refractivity contribution in [3.63, 3.8) is 0 Å². The maximum Gasteiger partial charge on any atom is 0.200 e. The Labute approximate surface area is 114 Å². The van der Waals surface area contributed by atoms with Gasteiger partial charge in [-0.3, -0.25) is 5.43 Å². The second kappa shape index (κ2) is 5.48. The minimum atomic E-state index is -0.598. The van der Waals surface area contributed by atoms with Crippen LogP contribution in [0.5, 0.6) is 17.2 Å². The Kier molecular flexibility index (Phi) is 3.74. The number of phenols is 3. The number of halogens is 1. The van der Waals surface area contributed by atoms with E-state index in [2.05, 4.69) is 10.5 Å². The molecule has 20 heavy (non-hydrogen) atoms. The summed E-state index contributed by atoms with van der Waals surface area (Å²) >= 11 is 0. The van der Waals surface area contributed by atoms with E-state index in [-0.39, 0.29) is 11.4 Å². The summed E-state index contributed by atoms with van der Waals surface area (Å²) in [6, 6.07) is 8.28. The van der Waals surface area contributed by atoms with Crippen LogP contribution in [-0.4, -0.2) is 21.0 Å². The van der Waals surface area contributed by atoms with Crippen LogP contribution >= 0.6 is 0 Å². The lowest BCUT2D eigenvalue weighted by Crippen LogP contribution is -2.00. The molecule has 0 saturated carbocycles. The van der Waals surface area contributed by atoms with E-state index in [1.54, 1.807) is 6.92 Å². The van der Waals surface area contributed by atoms with E-state index in [1.165, 1.54) is 36.4 Å². The SMILES string of the molecule is CC(=NNc1ccc(F)cc1)c1ccc(O)c(O)c1O. The van der Waals surface area contributed by atoms with Gasteiger partial charge < -0.3 is 15.3 Å². The summed E-state index contributed by atoms with van der Waals surface area (Å²) in [5, 5.41) is 32.4. The number of hydrogen-bond acceptors (Lipinski definition) is 5. The molecule has 6 heteroatoms. The first kappa shape index (κ1) is 13.7. The lowest BCUT2D eigenvalue weighted by atomic mass is 10.1. The van der Waals surface area contributed by atoms with Gasteiger partial charge in [0, 0.05) is 5.56 Å². The van der Waals surface area contributed by atoms with Crippen LogP contribution in [0.4, 0.5) is 10.1 Å². The zero-order valence-corrected chi connectivity index (χ0v) is 10.6. The summed E-state index contributed by atoms with van der Waals surface area (Å²) in [4.78, 5) is 0. The third kappa shape index (κ3) is 2.80. The zero-order valence-electron chi connectivity index (χ0n) is 10.6. The van der Waals surface area contributed by atoms with Crippen molar-refractivity contribution >= 4 is 11.4 Å². The standard InChI is InChI=1S/C14H13FN2O3/c1-8(11-6-7-12(18)14(20)13(11)19)16-17-10-4-2-9(15)3-5-10/h2-7,17-20H,1H3. The van der Waals surface area contributed by atoms with Crippen molar-refractivity contribution in [3.05, 3.63) is 47.8 Å². The highest BCUT2D eigenvalue weighted by molar-refractivity contribution is 6.02. The van der Waals surface area contributed by atoms with E-state index < -0.39 is 17.2 Å². The van der Waals surface area contributed by atoms with Crippen molar-refractivity contribution in [2.75, 3.05) is 5.43 Å². The molecule has 0 atom stereocenters. The van der Waals surface area contributed by atoms with E-state index in [4.69, 9.17) is 0 Å². The number of hydrogen-bond donors (Lipinski definition) is 4. The van der Waals surface area contributed by atoms with Crippen molar-refractivity contribution in [3.8, 4) is 17.2 Å². The number of rotatable bonds is 3. The Balaban J connectivity index is 2.23. The average molecular weight is 276 g/mol. The molecule has 0 fully saturated rings. The predicted molar refractivity (Wildman–Crippen MR) is 73.7 cm³/mol. The van der Waals surface area contributed by atoms with Crippen LogP contribution in [0, 0.1) is 5.82 Å². The number of anilines is 1. The molecule has 104 valence electrons. The smallest absolute Gasteiger partial charge is 0.200 e. The van der Waals surface area contributed by atoms with Crippen LogP contribution in [0.1, 0.15) is 12.5 Å². The molecule has 0 amide bonds. The van der Waals surface area contributed by atoms with Crippen molar-refractivity contribution in [1.82, 2.24) is 0 Å². The van der Waals surface area contributed by atoms with Gasteiger partial charge in [0.15, 0.2) is 11.5 Å². The molecule has 0 aliphatic heterocycles. The first-order valence-electron chi connectivity index (χ1n) is 5.79. The molecular formula is C14H13FN2O3. The van der Waals surface area contributed by atoms with Crippen LogP contribution in [0.25, 0.3) is 0 Å². The summed E-state index contributed by atoms with van der Waals surface area (Å²) in [5.74, 6) is -1.81. The molecule has 0 aliphatic rings. The lowest BCUT2D eigenvalue weighted by molar-refractivity contribution is 0.367. The molecule has 0 radical (unpaired) electrons. The Morgan fingerprint density at radius 2 is 1.65 bits per heavy atom. The Morgan fingerprint density at radius 1 is 1.00 bits per heavy atom. The van der Waals surface area contributed by atoms with Crippen LogP contribution in [0.2, 0.25) is 0 Å². The third-order valence-electron chi connectivity index (χ3n) is 2.72. The predicted octanol–water partition coefficient (Wildman–Crippen LogP) is 2.78. The minimum absolute atomic E-state index is 0.273. The summed E-state index contributed by atoms with van der Waals surface area (Å²) in [5.41, 5.74) is 3.94. The van der Waals surface area contributed by atoms with Crippen LogP contribution in [0.3, 0.4) is 0 Å². The number of benzene rings is 2. The molecule has 0 aromatic heterocycles. The molecule has 4 N–H and O–H groups in total. The fraction of sp³-hybridized carbons (Fsp3) is 0.0714. The fourth-order valence-electron chi connectivity index (χ4n) is 1.59.